The predicted molar refractivity (Wildman–Crippen MR) is 65.1 cm³/mol. The molecule has 2 aromatic heterocycles. The Morgan fingerprint density at radius 1 is 1.53 bits per heavy atom. The summed E-state index contributed by atoms with van der Waals surface area (Å²) in [5, 5.41) is 0.640. The number of rotatable bonds is 3. The molecular weight excluding hydrogens is 226 g/mol. The van der Waals surface area contributed by atoms with Crippen LogP contribution in [0.3, 0.4) is 0 Å². The van der Waals surface area contributed by atoms with Crippen LogP contribution < -0.4 is 5.73 Å². The Hall–Kier alpha value is -1.07. The van der Waals surface area contributed by atoms with Crippen LogP contribution in [0, 0.1) is 6.92 Å². The van der Waals surface area contributed by atoms with Crippen molar-refractivity contribution in [2.24, 2.45) is 0 Å². The SMILES string of the molecule is Cc1nc(N)sc1SCc1cccnc1. The Balaban J connectivity index is 2.02. The van der Waals surface area contributed by atoms with E-state index in [-0.39, 0.29) is 0 Å². The third-order valence-electron chi connectivity index (χ3n) is 1.86. The number of aryl methyl sites for hydroxylation is 1. The van der Waals surface area contributed by atoms with Crippen molar-refractivity contribution in [3.8, 4) is 0 Å². The molecule has 0 aromatic carbocycles. The van der Waals surface area contributed by atoms with Gasteiger partial charge in [-0.05, 0) is 18.6 Å². The van der Waals surface area contributed by atoms with Gasteiger partial charge in [0.2, 0.25) is 0 Å². The Kier molecular flexibility index (Phi) is 3.23. The fraction of sp³-hybridized carbons (Fsp3) is 0.200. The number of nitrogens with two attached hydrogens (primary N) is 1. The van der Waals surface area contributed by atoms with Gasteiger partial charge in [-0.2, -0.15) is 0 Å². The lowest BCUT2D eigenvalue weighted by atomic mass is 10.3. The highest BCUT2D eigenvalue weighted by Crippen LogP contribution is 2.32. The maximum Gasteiger partial charge on any atom is 0.181 e. The lowest BCUT2D eigenvalue weighted by Gasteiger charge is -1.98. The highest BCUT2D eigenvalue weighted by Gasteiger charge is 2.05. The average molecular weight is 237 g/mol. The van der Waals surface area contributed by atoms with Gasteiger partial charge in [-0.1, -0.05) is 17.4 Å². The molecule has 0 fully saturated rings. The molecule has 0 radical (unpaired) electrons. The highest BCUT2D eigenvalue weighted by atomic mass is 32.2. The summed E-state index contributed by atoms with van der Waals surface area (Å²) >= 11 is 3.30. The molecule has 0 bridgehead atoms. The standard InChI is InChI=1S/C10H11N3S2/c1-7-9(15-10(11)13-7)14-6-8-3-2-4-12-5-8/h2-5H,6H2,1H3,(H2,11,13). The summed E-state index contributed by atoms with van der Waals surface area (Å²) in [6, 6.07) is 4.02. The molecule has 0 amide bonds. The molecule has 3 nitrogen and oxygen atoms in total. The molecule has 0 spiro atoms. The highest BCUT2D eigenvalue weighted by molar-refractivity contribution is 8.00. The maximum atomic E-state index is 5.63. The number of hydrogen-bond acceptors (Lipinski definition) is 5. The molecule has 78 valence electrons. The number of nitrogens with zero attached hydrogens (tertiary/aromatic N) is 2. The summed E-state index contributed by atoms with van der Waals surface area (Å²) in [6.45, 7) is 1.98. The second-order valence-electron chi connectivity index (χ2n) is 3.07. The molecule has 0 atom stereocenters. The van der Waals surface area contributed by atoms with E-state index in [1.165, 1.54) is 9.77 Å². The largest absolute Gasteiger partial charge is 0.375 e. The first-order valence-corrected chi connectivity index (χ1v) is 6.30. The van der Waals surface area contributed by atoms with Crippen molar-refractivity contribution in [1.82, 2.24) is 9.97 Å². The molecule has 0 aliphatic rings. The first-order valence-electron chi connectivity index (χ1n) is 4.50. The number of nitrogen functional groups attached to an aromatic ring is 1. The van der Waals surface area contributed by atoms with Crippen LogP contribution in [-0.2, 0) is 5.75 Å². The molecule has 0 aliphatic heterocycles. The van der Waals surface area contributed by atoms with Crippen molar-refractivity contribution < 1.29 is 0 Å². The molecule has 0 saturated carbocycles. The van der Waals surface area contributed by atoms with E-state index in [1.54, 1.807) is 29.3 Å². The van der Waals surface area contributed by atoms with Gasteiger partial charge in [0.05, 0.1) is 9.90 Å². The van der Waals surface area contributed by atoms with Crippen LogP contribution in [0.5, 0.6) is 0 Å². The van der Waals surface area contributed by atoms with Gasteiger partial charge in [-0.15, -0.1) is 11.8 Å². The lowest BCUT2D eigenvalue weighted by Crippen LogP contribution is -1.82. The molecule has 2 aromatic rings. The lowest BCUT2D eigenvalue weighted by molar-refractivity contribution is 1.21. The summed E-state index contributed by atoms with van der Waals surface area (Å²) in [7, 11) is 0. The molecule has 15 heavy (non-hydrogen) atoms. The van der Waals surface area contributed by atoms with Crippen LogP contribution in [0.2, 0.25) is 0 Å². The van der Waals surface area contributed by atoms with Crippen molar-refractivity contribution in [2.75, 3.05) is 5.73 Å². The molecule has 0 unspecified atom stereocenters. The normalized spacial score (nSPS) is 10.5. The van der Waals surface area contributed by atoms with E-state index in [1.807, 2.05) is 19.2 Å². The van der Waals surface area contributed by atoms with Gasteiger partial charge in [-0.25, -0.2) is 4.98 Å². The van der Waals surface area contributed by atoms with Crippen LogP contribution >= 0.6 is 23.1 Å². The third-order valence-corrected chi connectivity index (χ3v) is 4.28. The molecule has 2 heterocycles. The van der Waals surface area contributed by atoms with Crippen molar-refractivity contribution in [1.29, 1.82) is 0 Å². The van der Waals surface area contributed by atoms with Crippen LogP contribution in [0.1, 0.15) is 11.3 Å². The van der Waals surface area contributed by atoms with Crippen LogP contribution in [0.25, 0.3) is 0 Å². The maximum absolute atomic E-state index is 5.63. The minimum absolute atomic E-state index is 0.640. The smallest absolute Gasteiger partial charge is 0.181 e. The molecule has 2 rings (SSSR count). The molecule has 0 aliphatic carbocycles. The Morgan fingerprint density at radius 2 is 2.40 bits per heavy atom. The quantitative estimate of drug-likeness (QED) is 0.834. The molecular formula is C10H11N3S2. The summed E-state index contributed by atoms with van der Waals surface area (Å²) in [5.74, 6) is 0.913. The summed E-state index contributed by atoms with van der Waals surface area (Å²) in [4.78, 5) is 8.26. The third kappa shape index (κ3) is 2.70. The number of thiazole rings is 1. The number of aromatic nitrogens is 2. The monoisotopic (exact) mass is 237 g/mol. The van der Waals surface area contributed by atoms with Crippen molar-refractivity contribution in [2.45, 2.75) is 16.9 Å². The van der Waals surface area contributed by atoms with E-state index < -0.39 is 0 Å². The van der Waals surface area contributed by atoms with Crippen molar-refractivity contribution >= 4 is 28.2 Å². The van der Waals surface area contributed by atoms with Gasteiger partial charge >= 0.3 is 0 Å². The number of thioether (sulfide) groups is 1. The van der Waals surface area contributed by atoms with E-state index in [0.717, 1.165) is 11.4 Å². The number of pyridine rings is 1. The van der Waals surface area contributed by atoms with E-state index in [0.29, 0.717) is 5.13 Å². The van der Waals surface area contributed by atoms with Gasteiger partial charge in [-0.3, -0.25) is 4.98 Å². The van der Waals surface area contributed by atoms with E-state index >= 15 is 0 Å². The topological polar surface area (TPSA) is 51.8 Å². The van der Waals surface area contributed by atoms with Crippen molar-refractivity contribution in [3.63, 3.8) is 0 Å². The van der Waals surface area contributed by atoms with Gasteiger partial charge in [0.25, 0.3) is 0 Å². The summed E-state index contributed by atoms with van der Waals surface area (Å²) in [6.07, 6.45) is 3.66. The van der Waals surface area contributed by atoms with Gasteiger partial charge in [0.1, 0.15) is 0 Å². The first-order chi connectivity index (χ1) is 7.25. The van der Waals surface area contributed by atoms with Crippen molar-refractivity contribution in [3.05, 3.63) is 35.8 Å². The minimum atomic E-state index is 0.640. The second kappa shape index (κ2) is 4.63. The predicted octanol–water partition coefficient (Wildman–Crippen LogP) is 2.72. The molecule has 0 saturated heterocycles. The average Bonchev–Trinajstić information content (AvgIpc) is 2.56. The number of anilines is 1. The second-order valence-corrected chi connectivity index (χ2v) is 5.35. The van der Waals surface area contributed by atoms with E-state index in [4.69, 9.17) is 5.73 Å². The van der Waals surface area contributed by atoms with Gasteiger partial charge in [0, 0.05) is 18.1 Å². The van der Waals surface area contributed by atoms with E-state index in [2.05, 4.69) is 16.0 Å². The zero-order valence-corrected chi connectivity index (χ0v) is 9.94. The molecule has 5 heteroatoms. The Morgan fingerprint density at radius 3 is 3.00 bits per heavy atom. The zero-order valence-electron chi connectivity index (χ0n) is 8.30. The Bertz CT molecular complexity index is 439. The molecule has 2 N–H and O–H groups in total. The zero-order chi connectivity index (χ0) is 10.7. The van der Waals surface area contributed by atoms with Crippen LogP contribution in [-0.4, -0.2) is 9.97 Å². The number of hydrogen-bond donors (Lipinski definition) is 1. The summed E-state index contributed by atoms with van der Waals surface area (Å²) < 4.78 is 1.19. The van der Waals surface area contributed by atoms with E-state index in [9.17, 15) is 0 Å². The van der Waals surface area contributed by atoms with Crippen LogP contribution in [0.4, 0.5) is 5.13 Å². The fourth-order valence-corrected chi connectivity index (χ4v) is 3.13. The van der Waals surface area contributed by atoms with Crippen LogP contribution in [0.15, 0.2) is 28.7 Å². The van der Waals surface area contributed by atoms with Gasteiger partial charge < -0.3 is 5.73 Å². The Labute approximate surface area is 96.8 Å². The summed E-state index contributed by atoms with van der Waals surface area (Å²) in [5.41, 5.74) is 7.87. The first kappa shape index (κ1) is 10.4. The van der Waals surface area contributed by atoms with Gasteiger partial charge in [0.15, 0.2) is 5.13 Å². The minimum Gasteiger partial charge on any atom is -0.375 e. The fourth-order valence-electron chi connectivity index (χ4n) is 1.17.